The molecular weight excluding hydrogens is 435 g/mol. The Bertz CT molecular complexity index is 1250. The Kier molecular flexibility index (Phi) is 6.26. The van der Waals surface area contributed by atoms with Crippen molar-refractivity contribution >= 4 is 17.2 Å². The number of hydrogen-bond acceptors (Lipinski definition) is 4. The van der Waals surface area contributed by atoms with Crippen molar-refractivity contribution in [1.29, 1.82) is 0 Å². The van der Waals surface area contributed by atoms with Crippen LogP contribution in [-0.2, 0) is 13.2 Å². The zero-order valence-corrected chi connectivity index (χ0v) is 17.6. The molecule has 4 rings (SSSR count). The zero-order chi connectivity index (χ0) is 23.4. The molecule has 0 saturated heterocycles. The van der Waals surface area contributed by atoms with E-state index < -0.39 is 6.36 Å². The number of benzene rings is 3. The van der Waals surface area contributed by atoms with E-state index in [1.54, 1.807) is 7.11 Å². The number of halogens is 3. The first kappa shape index (κ1) is 22.3. The number of aromatic nitrogens is 1. The smallest absolute Gasteiger partial charge is 0.497 e. The minimum Gasteiger partial charge on any atom is -0.497 e. The van der Waals surface area contributed by atoms with Crippen LogP contribution in [-0.4, -0.2) is 24.3 Å². The Labute approximate surface area is 187 Å². The molecule has 1 heterocycles. The van der Waals surface area contributed by atoms with Gasteiger partial charge in [-0.25, -0.2) is 0 Å². The van der Waals surface area contributed by atoms with Gasteiger partial charge in [-0.15, -0.1) is 13.2 Å². The van der Waals surface area contributed by atoms with Crippen LogP contribution in [0.5, 0.6) is 17.2 Å². The highest BCUT2D eigenvalue weighted by Crippen LogP contribution is 2.27. The van der Waals surface area contributed by atoms with Gasteiger partial charge in [0.05, 0.1) is 7.11 Å². The normalized spacial score (nSPS) is 11.4. The molecule has 0 aliphatic carbocycles. The van der Waals surface area contributed by atoms with Crippen LogP contribution in [0.3, 0.4) is 0 Å². The number of nitrogens with zero attached hydrogens (tertiary/aromatic N) is 1. The number of alkyl halides is 3. The van der Waals surface area contributed by atoms with Crippen LogP contribution in [0.2, 0.25) is 0 Å². The Balaban J connectivity index is 1.40. The largest absolute Gasteiger partial charge is 0.573 e. The average Bonchev–Trinajstić information content (AvgIpc) is 3.15. The second kappa shape index (κ2) is 9.28. The number of ether oxygens (including phenoxy) is 3. The van der Waals surface area contributed by atoms with Crippen molar-refractivity contribution in [2.75, 3.05) is 7.11 Å². The third-order valence-corrected chi connectivity index (χ3v) is 5.08. The van der Waals surface area contributed by atoms with Crippen LogP contribution in [0.15, 0.2) is 72.9 Å². The van der Waals surface area contributed by atoms with Gasteiger partial charge in [0, 0.05) is 29.2 Å². The standard InChI is InChI=1S/C25H20F3NO4/c1-31-22-10-11-24-23(12-22)19(15-30)14-29(24)13-17-2-6-20(7-3-17)32-16-18-4-8-21(9-5-18)33-25(26,27)28/h2-12,14-15H,13,16H2,1H3. The molecule has 0 bridgehead atoms. The van der Waals surface area contributed by atoms with Crippen LogP contribution >= 0.6 is 0 Å². The molecule has 0 fully saturated rings. The molecule has 0 N–H and O–H groups in total. The Morgan fingerprint density at radius 3 is 2.15 bits per heavy atom. The van der Waals surface area contributed by atoms with E-state index in [1.807, 2.05) is 53.2 Å². The highest BCUT2D eigenvalue weighted by atomic mass is 19.4. The van der Waals surface area contributed by atoms with Gasteiger partial charge < -0.3 is 18.8 Å². The van der Waals surface area contributed by atoms with Gasteiger partial charge in [0.25, 0.3) is 0 Å². The Hall–Kier alpha value is -3.94. The summed E-state index contributed by atoms with van der Waals surface area (Å²) in [7, 11) is 1.58. The monoisotopic (exact) mass is 455 g/mol. The second-order valence-corrected chi connectivity index (χ2v) is 7.34. The number of rotatable bonds is 8. The lowest BCUT2D eigenvalue weighted by molar-refractivity contribution is -0.274. The molecule has 0 amide bonds. The fraction of sp³-hybridized carbons (Fsp3) is 0.160. The minimum absolute atomic E-state index is 0.207. The van der Waals surface area contributed by atoms with E-state index >= 15 is 0 Å². The summed E-state index contributed by atoms with van der Waals surface area (Å²) in [5, 5.41) is 0.830. The summed E-state index contributed by atoms with van der Waals surface area (Å²) in [6.07, 6.45) is -2.07. The molecule has 5 nitrogen and oxygen atoms in total. The molecular formula is C25H20F3NO4. The lowest BCUT2D eigenvalue weighted by Gasteiger charge is -2.11. The topological polar surface area (TPSA) is 49.7 Å². The summed E-state index contributed by atoms with van der Waals surface area (Å²) in [6.45, 7) is 0.774. The molecule has 0 atom stereocenters. The van der Waals surface area contributed by atoms with E-state index in [0.717, 1.165) is 22.8 Å². The van der Waals surface area contributed by atoms with Gasteiger partial charge in [0.2, 0.25) is 0 Å². The van der Waals surface area contributed by atoms with Gasteiger partial charge in [-0.1, -0.05) is 24.3 Å². The molecule has 0 aliphatic heterocycles. The maximum atomic E-state index is 12.2. The quantitative estimate of drug-likeness (QED) is 0.306. The van der Waals surface area contributed by atoms with Crippen molar-refractivity contribution in [1.82, 2.24) is 4.57 Å². The molecule has 3 aromatic carbocycles. The average molecular weight is 455 g/mol. The van der Waals surface area contributed by atoms with Gasteiger partial charge in [-0.3, -0.25) is 4.79 Å². The van der Waals surface area contributed by atoms with Gasteiger partial charge in [0.1, 0.15) is 23.9 Å². The third-order valence-electron chi connectivity index (χ3n) is 5.08. The van der Waals surface area contributed by atoms with Gasteiger partial charge in [-0.2, -0.15) is 0 Å². The highest BCUT2D eigenvalue weighted by Gasteiger charge is 2.30. The SMILES string of the molecule is COc1ccc2c(c1)c(C=O)cn2Cc1ccc(OCc2ccc(OC(F)(F)F)cc2)cc1. The van der Waals surface area contributed by atoms with Crippen molar-refractivity contribution in [2.24, 2.45) is 0 Å². The van der Waals surface area contributed by atoms with E-state index in [1.165, 1.54) is 24.3 Å². The number of carbonyl (C=O) groups is 1. The molecule has 4 aromatic rings. The molecule has 8 heteroatoms. The molecule has 0 spiro atoms. The number of methoxy groups -OCH3 is 1. The van der Waals surface area contributed by atoms with E-state index in [2.05, 4.69) is 4.74 Å². The van der Waals surface area contributed by atoms with Crippen molar-refractivity contribution in [2.45, 2.75) is 19.5 Å². The zero-order valence-electron chi connectivity index (χ0n) is 17.6. The van der Waals surface area contributed by atoms with E-state index in [-0.39, 0.29) is 12.4 Å². The fourth-order valence-corrected chi connectivity index (χ4v) is 3.50. The summed E-state index contributed by atoms with van der Waals surface area (Å²) in [4.78, 5) is 11.5. The third kappa shape index (κ3) is 5.46. The number of carbonyl (C=O) groups excluding carboxylic acids is 1. The van der Waals surface area contributed by atoms with Gasteiger partial charge >= 0.3 is 6.36 Å². The maximum Gasteiger partial charge on any atom is 0.573 e. The van der Waals surface area contributed by atoms with Crippen LogP contribution < -0.4 is 14.2 Å². The predicted octanol–water partition coefficient (Wildman–Crippen LogP) is 5.99. The highest BCUT2D eigenvalue weighted by molar-refractivity contribution is 5.98. The van der Waals surface area contributed by atoms with Crippen molar-refractivity contribution in [3.63, 3.8) is 0 Å². The fourth-order valence-electron chi connectivity index (χ4n) is 3.50. The molecule has 0 aliphatic rings. The lowest BCUT2D eigenvalue weighted by Crippen LogP contribution is -2.17. The first-order valence-electron chi connectivity index (χ1n) is 10.0. The van der Waals surface area contributed by atoms with E-state index in [4.69, 9.17) is 9.47 Å². The summed E-state index contributed by atoms with van der Waals surface area (Å²) in [5.74, 6) is 1.04. The molecule has 0 radical (unpaired) electrons. The minimum atomic E-state index is -4.71. The van der Waals surface area contributed by atoms with Crippen LogP contribution in [0.25, 0.3) is 10.9 Å². The molecule has 1 aromatic heterocycles. The van der Waals surface area contributed by atoms with Crippen molar-refractivity contribution < 1.29 is 32.2 Å². The van der Waals surface area contributed by atoms with Gasteiger partial charge in [0.15, 0.2) is 6.29 Å². The van der Waals surface area contributed by atoms with E-state index in [0.29, 0.717) is 29.2 Å². The first-order chi connectivity index (χ1) is 15.8. The van der Waals surface area contributed by atoms with Crippen molar-refractivity contribution in [3.8, 4) is 17.2 Å². The van der Waals surface area contributed by atoms with Gasteiger partial charge in [-0.05, 0) is 53.6 Å². The molecule has 170 valence electrons. The van der Waals surface area contributed by atoms with Crippen LogP contribution in [0.1, 0.15) is 21.5 Å². The number of aldehydes is 1. The van der Waals surface area contributed by atoms with Crippen LogP contribution in [0.4, 0.5) is 13.2 Å². The van der Waals surface area contributed by atoms with Crippen molar-refractivity contribution in [3.05, 3.63) is 89.6 Å². The molecule has 33 heavy (non-hydrogen) atoms. The Morgan fingerprint density at radius 2 is 1.52 bits per heavy atom. The second-order valence-electron chi connectivity index (χ2n) is 7.34. The summed E-state index contributed by atoms with van der Waals surface area (Å²) < 4.78 is 53.6. The summed E-state index contributed by atoms with van der Waals surface area (Å²) >= 11 is 0. The first-order valence-corrected chi connectivity index (χ1v) is 10.0. The van der Waals surface area contributed by atoms with E-state index in [9.17, 15) is 18.0 Å². The lowest BCUT2D eigenvalue weighted by atomic mass is 10.2. The predicted molar refractivity (Wildman–Crippen MR) is 117 cm³/mol. The summed E-state index contributed by atoms with van der Waals surface area (Å²) in [6, 6.07) is 18.6. The maximum absolute atomic E-state index is 12.2. The number of hydrogen-bond donors (Lipinski definition) is 0. The molecule has 0 saturated carbocycles. The molecule has 0 unspecified atom stereocenters. The Morgan fingerprint density at radius 1 is 0.879 bits per heavy atom. The van der Waals surface area contributed by atoms with Crippen LogP contribution in [0, 0.1) is 0 Å². The number of fused-ring (bicyclic) bond motifs is 1. The summed E-state index contributed by atoms with van der Waals surface area (Å²) in [5.41, 5.74) is 3.25.